The van der Waals surface area contributed by atoms with E-state index in [9.17, 15) is 18.1 Å². The van der Waals surface area contributed by atoms with Crippen molar-refractivity contribution in [3.05, 3.63) is 0 Å². The van der Waals surface area contributed by atoms with Crippen molar-refractivity contribution >= 4 is 40.0 Å². The van der Waals surface area contributed by atoms with Crippen LogP contribution in [0.15, 0.2) is 0 Å². The third kappa shape index (κ3) is 3.89. The van der Waals surface area contributed by atoms with Crippen molar-refractivity contribution < 1.29 is 22.3 Å². The maximum Gasteiger partial charge on any atom is 0.217 e. The first-order valence-corrected chi connectivity index (χ1v) is 12.2. The Morgan fingerprint density at radius 3 is 2.29 bits per heavy atom. The Bertz CT molecular complexity index is 682. The maximum atomic E-state index is 11.0. The van der Waals surface area contributed by atoms with Gasteiger partial charge in [-0.25, -0.2) is 8.42 Å². The minimum Gasteiger partial charge on any atom is -0.726 e. The molecule has 1 radical (unpaired) electrons. The molecule has 28 heavy (non-hydrogen) atoms. The Kier molecular flexibility index (Phi) is 6.77. The summed E-state index contributed by atoms with van der Waals surface area (Å²) in [5.74, 6) is 3.02. The summed E-state index contributed by atoms with van der Waals surface area (Å²) >= 11 is 0. The zero-order chi connectivity index (χ0) is 19.6. The Balaban J connectivity index is 0.00000225. The molecule has 4 rings (SSSR count). The molecule has 1 N–H and O–H groups in total. The van der Waals surface area contributed by atoms with Crippen LogP contribution in [0, 0.1) is 40.4 Å². The fourth-order valence-corrected chi connectivity index (χ4v) is 8.81. The van der Waals surface area contributed by atoms with E-state index in [1.54, 1.807) is 0 Å². The maximum absolute atomic E-state index is 11.0. The fourth-order valence-electron chi connectivity index (χ4n) is 8.31. The Morgan fingerprint density at radius 2 is 1.64 bits per heavy atom. The van der Waals surface area contributed by atoms with E-state index in [4.69, 9.17) is 4.18 Å². The first-order chi connectivity index (χ1) is 12.5. The molecule has 0 heterocycles. The van der Waals surface area contributed by atoms with Crippen LogP contribution < -0.4 is 0 Å². The zero-order valence-corrected chi connectivity index (χ0v) is 20.7. The summed E-state index contributed by atoms with van der Waals surface area (Å²) < 4.78 is 37.9. The molecule has 157 valence electrons. The summed E-state index contributed by atoms with van der Waals surface area (Å²) in [7, 11) is -4.61. The third-order valence-electron chi connectivity index (χ3n) is 9.53. The van der Waals surface area contributed by atoms with E-state index in [1.165, 1.54) is 25.7 Å². The SMILES string of the molecule is C[C@@H](O)[C@H]1CC[C@H]2[C@@H]3CC[C@H]4C[C@@H](OS(=O)(=O)[O-])CC[C@]4(C)[C@H]3CC[C@]12C.[Na]. The van der Waals surface area contributed by atoms with Gasteiger partial charge in [0.15, 0.2) is 0 Å². The van der Waals surface area contributed by atoms with Crippen molar-refractivity contribution in [3.8, 4) is 0 Å². The van der Waals surface area contributed by atoms with Gasteiger partial charge in [-0.1, -0.05) is 13.8 Å². The van der Waals surface area contributed by atoms with Gasteiger partial charge in [0.1, 0.15) is 0 Å². The van der Waals surface area contributed by atoms with Crippen molar-refractivity contribution in [2.45, 2.75) is 90.8 Å². The second-order valence-electron chi connectivity index (χ2n) is 10.5. The van der Waals surface area contributed by atoms with Crippen molar-refractivity contribution in [2.24, 2.45) is 40.4 Å². The monoisotopic (exact) mass is 422 g/mol. The molecular weight excluding hydrogens is 387 g/mol. The van der Waals surface area contributed by atoms with E-state index in [-0.39, 0.29) is 46.5 Å². The molecule has 9 atom stereocenters. The van der Waals surface area contributed by atoms with Gasteiger partial charge < -0.3 is 9.66 Å². The topological polar surface area (TPSA) is 86.7 Å². The summed E-state index contributed by atoms with van der Waals surface area (Å²) in [5, 5.41) is 10.3. The van der Waals surface area contributed by atoms with Crippen LogP contribution in [0.25, 0.3) is 0 Å². The van der Waals surface area contributed by atoms with Gasteiger partial charge in [0.25, 0.3) is 0 Å². The van der Waals surface area contributed by atoms with Gasteiger partial charge >= 0.3 is 0 Å². The Morgan fingerprint density at radius 1 is 1.00 bits per heavy atom. The quantitative estimate of drug-likeness (QED) is 0.427. The second-order valence-corrected chi connectivity index (χ2v) is 11.5. The van der Waals surface area contributed by atoms with E-state index in [2.05, 4.69) is 13.8 Å². The zero-order valence-electron chi connectivity index (χ0n) is 17.9. The molecule has 0 saturated heterocycles. The van der Waals surface area contributed by atoms with Crippen LogP contribution in [0.2, 0.25) is 0 Å². The van der Waals surface area contributed by atoms with Crippen LogP contribution in [0.4, 0.5) is 0 Å². The first-order valence-electron chi connectivity index (χ1n) is 10.9. The first kappa shape index (κ1) is 23.5. The molecule has 0 aliphatic heterocycles. The predicted octanol–water partition coefficient (Wildman–Crippen LogP) is 3.49. The second kappa shape index (κ2) is 8.07. The average molecular weight is 423 g/mol. The Hall–Kier alpha value is 0.830. The molecule has 0 spiro atoms. The molecule has 0 bridgehead atoms. The van der Waals surface area contributed by atoms with E-state index >= 15 is 0 Å². The molecule has 0 aromatic rings. The van der Waals surface area contributed by atoms with Crippen molar-refractivity contribution in [1.82, 2.24) is 0 Å². The molecule has 4 fully saturated rings. The minimum absolute atomic E-state index is 0. The van der Waals surface area contributed by atoms with Crippen LogP contribution >= 0.6 is 0 Å². The van der Waals surface area contributed by atoms with E-state index in [0.29, 0.717) is 36.5 Å². The fraction of sp³-hybridized carbons (Fsp3) is 1.00. The van der Waals surface area contributed by atoms with E-state index in [1.807, 2.05) is 6.92 Å². The molecule has 0 aromatic heterocycles. The molecule has 0 unspecified atom stereocenters. The van der Waals surface area contributed by atoms with Crippen LogP contribution in [0.3, 0.4) is 0 Å². The standard InChI is InChI=1S/C21H36O5S.Na/c1-13(22)17-6-7-18-16-5-4-14-12-15(26-27(23,24)25)8-10-20(14,2)19(16)9-11-21(17,18)3;/h13-19,22H,4-12H2,1-3H3,(H,23,24,25);/p-1/t13-,14+,15+,16+,17-,18+,19+,20+,21-;/m1./s1. The number of rotatable bonds is 3. The molecular formula is C21H35NaO5S-. The summed E-state index contributed by atoms with van der Waals surface area (Å²) in [6.45, 7) is 6.81. The van der Waals surface area contributed by atoms with Gasteiger partial charge in [-0.15, -0.1) is 0 Å². The Labute approximate surface area is 192 Å². The van der Waals surface area contributed by atoms with Crippen molar-refractivity contribution in [1.29, 1.82) is 0 Å². The molecule has 5 nitrogen and oxygen atoms in total. The van der Waals surface area contributed by atoms with E-state index < -0.39 is 16.5 Å². The molecule has 0 aromatic carbocycles. The normalized spacial score (nSPS) is 49.3. The smallest absolute Gasteiger partial charge is 0.217 e. The van der Waals surface area contributed by atoms with Crippen LogP contribution in [0.5, 0.6) is 0 Å². The number of fused-ring (bicyclic) bond motifs is 5. The minimum atomic E-state index is -4.61. The van der Waals surface area contributed by atoms with Gasteiger partial charge in [0.2, 0.25) is 10.4 Å². The number of aliphatic hydroxyl groups is 1. The molecule has 0 amide bonds. The van der Waals surface area contributed by atoms with Gasteiger partial charge in [0.05, 0.1) is 12.2 Å². The summed E-state index contributed by atoms with van der Waals surface area (Å²) in [6, 6.07) is 0. The van der Waals surface area contributed by atoms with Gasteiger partial charge in [-0.05, 0) is 105 Å². The van der Waals surface area contributed by atoms with Gasteiger partial charge in [0, 0.05) is 29.6 Å². The number of hydrogen-bond acceptors (Lipinski definition) is 5. The average Bonchev–Trinajstić information content (AvgIpc) is 2.91. The van der Waals surface area contributed by atoms with Crippen LogP contribution in [0.1, 0.15) is 78.6 Å². The van der Waals surface area contributed by atoms with Gasteiger partial charge in [-0.2, -0.15) is 0 Å². The molecule has 7 heteroatoms. The van der Waals surface area contributed by atoms with E-state index in [0.717, 1.165) is 25.2 Å². The summed E-state index contributed by atoms with van der Waals surface area (Å²) in [4.78, 5) is 0. The molecule has 4 aliphatic carbocycles. The van der Waals surface area contributed by atoms with Crippen molar-refractivity contribution in [2.75, 3.05) is 0 Å². The van der Waals surface area contributed by atoms with Crippen LogP contribution in [-0.2, 0) is 14.6 Å². The number of aliphatic hydroxyl groups excluding tert-OH is 1. The largest absolute Gasteiger partial charge is 0.726 e. The molecule has 4 saturated carbocycles. The number of hydrogen-bond donors (Lipinski definition) is 1. The predicted molar refractivity (Wildman–Crippen MR) is 107 cm³/mol. The third-order valence-corrected chi connectivity index (χ3v) is 10.0. The van der Waals surface area contributed by atoms with Crippen LogP contribution in [-0.4, -0.2) is 59.8 Å². The molecule has 4 aliphatic rings. The summed E-state index contributed by atoms with van der Waals surface area (Å²) in [5.41, 5.74) is 0.509. The summed E-state index contributed by atoms with van der Waals surface area (Å²) in [6.07, 6.45) is 8.83. The van der Waals surface area contributed by atoms with Gasteiger partial charge in [-0.3, -0.25) is 4.18 Å². The van der Waals surface area contributed by atoms with Crippen molar-refractivity contribution in [3.63, 3.8) is 0 Å².